The van der Waals surface area contributed by atoms with Gasteiger partial charge in [-0.15, -0.1) is 6.58 Å². The van der Waals surface area contributed by atoms with Gasteiger partial charge in [0, 0.05) is 7.11 Å². The van der Waals surface area contributed by atoms with Crippen LogP contribution in [0, 0.1) is 0 Å². The Morgan fingerprint density at radius 3 is 2.62 bits per heavy atom. The van der Waals surface area contributed by atoms with E-state index in [-0.39, 0.29) is 6.10 Å². The Hall–Kier alpha value is -1.08. The van der Waals surface area contributed by atoms with Crippen molar-refractivity contribution in [3.05, 3.63) is 48.6 Å². The van der Waals surface area contributed by atoms with Crippen LogP contribution in [0.2, 0.25) is 0 Å². The molecule has 1 aromatic carbocycles. The highest BCUT2D eigenvalue weighted by atomic mass is 16.5. The first-order valence-electron chi connectivity index (χ1n) is 4.54. The van der Waals surface area contributed by atoms with Crippen molar-refractivity contribution in [3.63, 3.8) is 0 Å². The lowest BCUT2D eigenvalue weighted by Gasteiger charge is -2.12. The topological polar surface area (TPSA) is 9.23 Å². The number of hydrogen-bond donors (Lipinski definition) is 0. The van der Waals surface area contributed by atoms with E-state index in [1.807, 2.05) is 12.1 Å². The molecular formula is C12H16O. The molecule has 0 radical (unpaired) electrons. The van der Waals surface area contributed by atoms with E-state index >= 15 is 0 Å². The molecule has 1 heteroatoms. The maximum absolute atomic E-state index is 5.32. The van der Waals surface area contributed by atoms with Crippen LogP contribution < -0.4 is 0 Å². The molecule has 0 aliphatic carbocycles. The second kappa shape index (κ2) is 5.55. The van der Waals surface area contributed by atoms with E-state index < -0.39 is 0 Å². The molecule has 0 saturated heterocycles. The van der Waals surface area contributed by atoms with Gasteiger partial charge in [-0.2, -0.15) is 0 Å². The Kier molecular flexibility index (Phi) is 4.27. The Bertz CT molecular complexity index is 241. The third-order valence-electron chi connectivity index (χ3n) is 2.07. The normalized spacial score (nSPS) is 12.4. The first kappa shape index (κ1) is 10.0. The Morgan fingerprint density at radius 1 is 1.38 bits per heavy atom. The van der Waals surface area contributed by atoms with Gasteiger partial charge in [0.25, 0.3) is 0 Å². The van der Waals surface area contributed by atoms with Crippen molar-refractivity contribution in [2.24, 2.45) is 0 Å². The van der Waals surface area contributed by atoms with Gasteiger partial charge in [-0.1, -0.05) is 36.4 Å². The van der Waals surface area contributed by atoms with Crippen LogP contribution >= 0.6 is 0 Å². The van der Waals surface area contributed by atoms with E-state index in [0.29, 0.717) is 0 Å². The summed E-state index contributed by atoms with van der Waals surface area (Å²) in [5.41, 5.74) is 1.32. The molecule has 0 amide bonds. The molecule has 0 bridgehead atoms. The number of rotatable bonds is 5. The molecule has 1 unspecified atom stereocenters. The molecule has 1 atom stereocenters. The molecule has 0 fully saturated rings. The van der Waals surface area contributed by atoms with Gasteiger partial charge in [-0.25, -0.2) is 0 Å². The highest BCUT2D eigenvalue weighted by molar-refractivity contribution is 5.15. The molecule has 0 aromatic heterocycles. The number of methoxy groups -OCH3 is 1. The third-order valence-corrected chi connectivity index (χ3v) is 2.07. The molecule has 0 aliphatic heterocycles. The number of hydrogen-bond acceptors (Lipinski definition) is 1. The first-order valence-corrected chi connectivity index (χ1v) is 4.54. The van der Waals surface area contributed by atoms with Crippen LogP contribution in [-0.2, 0) is 11.2 Å². The van der Waals surface area contributed by atoms with Crippen molar-refractivity contribution >= 4 is 0 Å². The second-order valence-electron chi connectivity index (χ2n) is 3.07. The van der Waals surface area contributed by atoms with Gasteiger partial charge in [-0.3, -0.25) is 0 Å². The molecule has 1 rings (SSSR count). The maximum atomic E-state index is 5.32. The number of benzene rings is 1. The highest BCUT2D eigenvalue weighted by Gasteiger charge is 2.05. The summed E-state index contributed by atoms with van der Waals surface area (Å²) >= 11 is 0. The summed E-state index contributed by atoms with van der Waals surface area (Å²) in [5.74, 6) is 0. The van der Waals surface area contributed by atoms with E-state index in [9.17, 15) is 0 Å². The minimum Gasteiger partial charge on any atom is -0.381 e. The van der Waals surface area contributed by atoms with Gasteiger partial charge < -0.3 is 4.74 Å². The van der Waals surface area contributed by atoms with Gasteiger partial charge in [0.05, 0.1) is 6.10 Å². The summed E-state index contributed by atoms with van der Waals surface area (Å²) in [4.78, 5) is 0. The molecule has 1 aromatic rings. The average molecular weight is 176 g/mol. The fourth-order valence-corrected chi connectivity index (χ4v) is 1.33. The Morgan fingerprint density at radius 2 is 2.08 bits per heavy atom. The van der Waals surface area contributed by atoms with E-state index in [2.05, 4.69) is 30.8 Å². The van der Waals surface area contributed by atoms with Crippen LogP contribution in [-0.4, -0.2) is 13.2 Å². The molecule has 0 aliphatic rings. The molecule has 1 nitrogen and oxygen atoms in total. The summed E-state index contributed by atoms with van der Waals surface area (Å²) in [6.07, 6.45) is 4.03. The van der Waals surface area contributed by atoms with Crippen molar-refractivity contribution in [2.45, 2.75) is 18.9 Å². The van der Waals surface area contributed by atoms with E-state index in [1.54, 1.807) is 7.11 Å². The number of ether oxygens (including phenoxy) is 1. The lowest BCUT2D eigenvalue weighted by molar-refractivity contribution is 0.106. The Labute approximate surface area is 80.0 Å². The van der Waals surface area contributed by atoms with Crippen LogP contribution in [0.1, 0.15) is 12.0 Å². The van der Waals surface area contributed by atoms with Crippen molar-refractivity contribution in [1.29, 1.82) is 0 Å². The smallest absolute Gasteiger partial charge is 0.0645 e. The minimum atomic E-state index is 0.264. The third kappa shape index (κ3) is 3.43. The fraction of sp³-hybridized carbons (Fsp3) is 0.333. The second-order valence-corrected chi connectivity index (χ2v) is 3.07. The summed E-state index contributed by atoms with van der Waals surface area (Å²) in [6, 6.07) is 10.4. The zero-order valence-electron chi connectivity index (χ0n) is 8.07. The SMILES string of the molecule is C=CCC(Cc1ccccc1)OC. The predicted molar refractivity (Wildman–Crippen MR) is 55.8 cm³/mol. The van der Waals surface area contributed by atoms with Crippen molar-refractivity contribution < 1.29 is 4.74 Å². The molecule has 70 valence electrons. The van der Waals surface area contributed by atoms with Crippen LogP contribution in [0.3, 0.4) is 0 Å². The van der Waals surface area contributed by atoms with Gasteiger partial charge >= 0.3 is 0 Å². The monoisotopic (exact) mass is 176 g/mol. The predicted octanol–water partition coefficient (Wildman–Crippen LogP) is 2.82. The van der Waals surface area contributed by atoms with Crippen molar-refractivity contribution in [3.8, 4) is 0 Å². The van der Waals surface area contributed by atoms with E-state index in [4.69, 9.17) is 4.74 Å². The van der Waals surface area contributed by atoms with Crippen molar-refractivity contribution in [1.82, 2.24) is 0 Å². The summed E-state index contributed by atoms with van der Waals surface area (Å²) in [5, 5.41) is 0. The largest absolute Gasteiger partial charge is 0.381 e. The Balaban J connectivity index is 2.51. The first-order chi connectivity index (χ1) is 6.36. The summed E-state index contributed by atoms with van der Waals surface area (Å²) in [6.45, 7) is 3.71. The van der Waals surface area contributed by atoms with Gasteiger partial charge in [0.2, 0.25) is 0 Å². The molecule has 0 saturated carbocycles. The quantitative estimate of drug-likeness (QED) is 0.627. The summed E-state index contributed by atoms with van der Waals surface area (Å²) < 4.78 is 5.32. The maximum Gasteiger partial charge on any atom is 0.0645 e. The lowest BCUT2D eigenvalue weighted by Crippen LogP contribution is -2.12. The summed E-state index contributed by atoms with van der Waals surface area (Å²) in [7, 11) is 1.75. The van der Waals surface area contributed by atoms with Crippen LogP contribution in [0.4, 0.5) is 0 Å². The van der Waals surface area contributed by atoms with Gasteiger partial charge in [0.15, 0.2) is 0 Å². The zero-order valence-corrected chi connectivity index (χ0v) is 8.07. The van der Waals surface area contributed by atoms with Crippen molar-refractivity contribution in [2.75, 3.05) is 7.11 Å². The molecule has 0 N–H and O–H groups in total. The van der Waals surface area contributed by atoms with Crippen LogP contribution in [0.5, 0.6) is 0 Å². The molecule has 0 heterocycles. The van der Waals surface area contributed by atoms with Gasteiger partial charge in [0.1, 0.15) is 0 Å². The van der Waals surface area contributed by atoms with Crippen LogP contribution in [0.15, 0.2) is 43.0 Å². The lowest BCUT2D eigenvalue weighted by atomic mass is 10.1. The van der Waals surface area contributed by atoms with Crippen LogP contribution in [0.25, 0.3) is 0 Å². The highest BCUT2D eigenvalue weighted by Crippen LogP contribution is 2.08. The average Bonchev–Trinajstić information content (AvgIpc) is 2.19. The zero-order chi connectivity index (χ0) is 9.52. The molecule has 13 heavy (non-hydrogen) atoms. The van der Waals surface area contributed by atoms with E-state index in [0.717, 1.165) is 12.8 Å². The molecular weight excluding hydrogens is 160 g/mol. The standard InChI is InChI=1S/C12H16O/c1-3-7-12(13-2)10-11-8-5-4-6-9-11/h3-6,8-9,12H,1,7,10H2,2H3. The minimum absolute atomic E-state index is 0.264. The van der Waals surface area contributed by atoms with Gasteiger partial charge in [-0.05, 0) is 18.4 Å². The van der Waals surface area contributed by atoms with E-state index in [1.165, 1.54) is 5.56 Å². The fourth-order valence-electron chi connectivity index (χ4n) is 1.33. The molecule has 0 spiro atoms.